The van der Waals surface area contributed by atoms with Gasteiger partial charge in [-0.05, 0) is 31.5 Å². The molecule has 0 saturated heterocycles. The third-order valence-corrected chi connectivity index (χ3v) is 3.01. The lowest BCUT2D eigenvalue weighted by molar-refractivity contribution is -0.116. The Kier molecular flexibility index (Phi) is 4.97. The number of hydrogen-bond donors (Lipinski definition) is 0. The van der Waals surface area contributed by atoms with Crippen molar-refractivity contribution in [2.24, 2.45) is 0 Å². The van der Waals surface area contributed by atoms with Gasteiger partial charge >= 0.3 is 5.97 Å². The van der Waals surface area contributed by atoms with Crippen molar-refractivity contribution >= 4 is 35.0 Å². The topological polar surface area (TPSA) is 43.4 Å². The summed E-state index contributed by atoms with van der Waals surface area (Å²) in [7, 11) is 0. The third-order valence-electron chi connectivity index (χ3n) is 2.14. The Morgan fingerprint density at radius 2 is 2.06 bits per heavy atom. The SMILES string of the molecule is CCOC(=O)c1ccc(C(Cl)C(C)=O)cc1Cl. The van der Waals surface area contributed by atoms with Crippen molar-refractivity contribution in [3.8, 4) is 0 Å². The van der Waals surface area contributed by atoms with Gasteiger partial charge in [0.15, 0.2) is 5.78 Å². The molecule has 0 N–H and O–H groups in total. The summed E-state index contributed by atoms with van der Waals surface area (Å²) in [6.07, 6.45) is 0. The lowest BCUT2D eigenvalue weighted by Gasteiger charge is -2.09. The standard InChI is InChI=1S/C12H12Cl2O3/c1-3-17-12(16)9-5-4-8(6-10(9)13)11(14)7(2)15/h4-6,11H,3H2,1-2H3. The van der Waals surface area contributed by atoms with Gasteiger partial charge in [0.2, 0.25) is 0 Å². The fourth-order valence-electron chi connectivity index (χ4n) is 1.30. The summed E-state index contributed by atoms with van der Waals surface area (Å²) in [6.45, 7) is 3.39. The first-order valence-corrected chi connectivity index (χ1v) is 5.90. The zero-order chi connectivity index (χ0) is 13.0. The minimum atomic E-state index is -0.747. The molecule has 1 unspecified atom stereocenters. The second kappa shape index (κ2) is 6.03. The molecule has 0 aliphatic heterocycles. The summed E-state index contributed by atoms with van der Waals surface area (Å²) >= 11 is 11.8. The molecular weight excluding hydrogens is 263 g/mol. The van der Waals surface area contributed by atoms with Crippen LogP contribution in [0.5, 0.6) is 0 Å². The number of carbonyl (C=O) groups is 2. The summed E-state index contributed by atoms with van der Waals surface area (Å²) in [6, 6.07) is 4.61. The Balaban J connectivity index is 3.01. The molecule has 17 heavy (non-hydrogen) atoms. The van der Waals surface area contributed by atoms with Crippen LogP contribution in [0.4, 0.5) is 0 Å². The van der Waals surface area contributed by atoms with Gasteiger partial charge in [-0.15, -0.1) is 11.6 Å². The molecule has 1 atom stereocenters. The van der Waals surface area contributed by atoms with E-state index in [0.717, 1.165) is 0 Å². The largest absolute Gasteiger partial charge is 0.462 e. The molecule has 0 aromatic heterocycles. The Bertz CT molecular complexity index is 443. The van der Waals surface area contributed by atoms with E-state index >= 15 is 0 Å². The summed E-state index contributed by atoms with van der Waals surface area (Å²) in [5, 5.41) is -0.517. The van der Waals surface area contributed by atoms with Crippen molar-refractivity contribution < 1.29 is 14.3 Å². The maximum absolute atomic E-state index is 11.5. The lowest BCUT2D eigenvalue weighted by atomic mass is 10.1. The fourth-order valence-corrected chi connectivity index (χ4v) is 1.70. The number of Topliss-reactive ketones (excluding diaryl/α,β-unsaturated/α-hetero) is 1. The first-order chi connectivity index (χ1) is 7.97. The highest BCUT2D eigenvalue weighted by Crippen LogP contribution is 2.26. The van der Waals surface area contributed by atoms with E-state index < -0.39 is 11.3 Å². The number of ketones is 1. The van der Waals surface area contributed by atoms with Gasteiger partial charge in [-0.2, -0.15) is 0 Å². The number of carbonyl (C=O) groups excluding carboxylic acids is 2. The monoisotopic (exact) mass is 274 g/mol. The first kappa shape index (κ1) is 14.0. The summed E-state index contributed by atoms with van der Waals surface area (Å²) in [5.41, 5.74) is 0.835. The summed E-state index contributed by atoms with van der Waals surface area (Å²) in [5.74, 6) is -0.662. The number of ether oxygens (including phenoxy) is 1. The van der Waals surface area contributed by atoms with Crippen LogP contribution in [0.3, 0.4) is 0 Å². The van der Waals surface area contributed by atoms with Crippen LogP contribution in [-0.4, -0.2) is 18.4 Å². The van der Waals surface area contributed by atoms with Gasteiger partial charge < -0.3 is 4.74 Å². The van der Waals surface area contributed by atoms with E-state index in [0.29, 0.717) is 5.56 Å². The minimum Gasteiger partial charge on any atom is -0.462 e. The van der Waals surface area contributed by atoms with Crippen LogP contribution in [0, 0.1) is 0 Å². The van der Waals surface area contributed by atoms with Crippen LogP contribution in [0.25, 0.3) is 0 Å². The second-order valence-corrected chi connectivity index (χ2v) is 4.28. The van der Waals surface area contributed by atoms with Crippen LogP contribution >= 0.6 is 23.2 Å². The molecule has 5 heteroatoms. The molecule has 0 aliphatic rings. The van der Waals surface area contributed by atoms with Gasteiger partial charge in [-0.25, -0.2) is 4.79 Å². The van der Waals surface area contributed by atoms with E-state index in [4.69, 9.17) is 27.9 Å². The van der Waals surface area contributed by atoms with Crippen molar-refractivity contribution in [3.63, 3.8) is 0 Å². The Labute approximate surface area is 110 Å². The fraction of sp³-hybridized carbons (Fsp3) is 0.333. The van der Waals surface area contributed by atoms with Crippen LogP contribution in [-0.2, 0) is 9.53 Å². The molecule has 0 spiro atoms. The Morgan fingerprint density at radius 3 is 2.53 bits per heavy atom. The number of benzene rings is 1. The molecule has 1 aromatic rings. The van der Waals surface area contributed by atoms with Crippen LogP contribution in [0.2, 0.25) is 5.02 Å². The molecule has 0 aliphatic carbocycles. The first-order valence-electron chi connectivity index (χ1n) is 5.08. The van der Waals surface area contributed by atoms with Crippen molar-refractivity contribution in [2.75, 3.05) is 6.61 Å². The minimum absolute atomic E-state index is 0.174. The summed E-state index contributed by atoms with van der Waals surface area (Å²) < 4.78 is 4.83. The predicted octanol–water partition coefficient (Wildman–Crippen LogP) is 3.39. The average molecular weight is 275 g/mol. The number of hydrogen-bond acceptors (Lipinski definition) is 3. The van der Waals surface area contributed by atoms with E-state index in [-0.39, 0.29) is 23.0 Å². The number of esters is 1. The van der Waals surface area contributed by atoms with Crippen molar-refractivity contribution in [1.82, 2.24) is 0 Å². The van der Waals surface area contributed by atoms with E-state index in [1.807, 2.05) is 0 Å². The number of alkyl halides is 1. The highest BCUT2D eigenvalue weighted by molar-refractivity contribution is 6.34. The molecule has 0 saturated carbocycles. The van der Waals surface area contributed by atoms with Gasteiger partial charge in [0, 0.05) is 0 Å². The van der Waals surface area contributed by atoms with Gasteiger partial charge in [0.1, 0.15) is 5.38 Å². The Hall–Kier alpha value is -1.06. The smallest absolute Gasteiger partial charge is 0.339 e. The highest BCUT2D eigenvalue weighted by Gasteiger charge is 2.17. The second-order valence-electron chi connectivity index (χ2n) is 3.43. The van der Waals surface area contributed by atoms with E-state index in [1.165, 1.54) is 19.1 Å². The normalized spacial score (nSPS) is 12.0. The third kappa shape index (κ3) is 3.45. The van der Waals surface area contributed by atoms with E-state index in [1.54, 1.807) is 13.0 Å². The van der Waals surface area contributed by atoms with Crippen LogP contribution in [0.1, 0.15) is 35.1 Å². The molecule has 0 heterocycles. The molecule has 92 valence electrons. The lowest BCUT2D eigenvalue weighted by Crippen LogP contribution is -2.07. The molecular formula is C12H12Cl2O3. The van der Waals surface area contributed by atoms with Crippen molar-refractivity contribution in [3.05, 3.63) is 34.3 Å². The molecule has 0 bridgehead atoms. The maximum atomic E-state index is 11.5. The number of halogens is 2. The molecule has 1 rings (SSSR count). The molecule has 3 nitrogen and oxygen atoms in total. The van der Waals surface area contributed by atoms with E-state index in [9.17, 15) is 9.59 Å². The van der Waals surface area contributed by atoms with E-state index in [2.05, 4.69) is 0 Å². The van der Waals surface area contributed by atoms with Gasteiger partial charge in [-0.1, -0.05) is 17.7 Å². The summed E-state index contributed by atoms with van der Waals surface area (Å²) in [4.78, 5) is 22.6. The molecule has 0 fully saturated rings. The van der Waals surface area contributed by atoms with Crippen molar-refractivity contribution in [1.29, 1.82) is 0 Å². The quantitative estimate of drug-likeness (QED) is 0.625. The zero-order valence-corrected chi connectivity index (χ0v) is 11.0. The maximum Gasteiger partial charge on any atom is 0.339 e. The number of rotatable bonds is 4. The molecule has 1 aromatic carbocycles. The van der Waals surface area contributed by atoms with Crippen LogP contribution in [0.15, 0.2) is 18.2 Å². The average Bonchev–Trinajstić information content (AvgIpc) is 2.27. The molecule has 0 radical (unpaired) electrons. The van der Waals surface area contributed by atoms with Crippen LogP contribution < -0.4 is 0 Å². The highest BCUT2D eigenvalue weighted by atomic mass is 35.5. The van der Waals surface area contributed by atoms with Gasteiger partial charge in [0.25, 0.3) is 0 Å². The Morgan fingerprint density at radius 1 is 1.41 bits per heavy atom. The van der Waals surface area contributed by atoms with Crippen molar-refractivity contribution in [2.45, 2.75) is 19.2 Å². The zero-order valence-electron chi connectivity index (χ0n) is 9.50. The predicted molar refractivity (Wildman–Crippen MR) is 66.7 cm³/mol. The van der Waals surface area contributed by atoms with Gasteiger partial charge in [0.05, 0.1) is 17.2 Å². The molecule has 0 amide bonds. The van der Waals surface area contributed by atoms with Gasteiger partial charge in [-0.3, -0.25) is 4.79 Å².